The summed E-state index contributed by atoms with van der Waals surface area (Å²) in [4.78, 5) is 25.6. The first-order valence-corrected chi connectivity index (χ1v) is 11.0. The van der Waals surface area contributed by atoms with Gasteiger partial charge in [-0.2, -0.15) is 0 Å². The van der Waals surface area contributed by atoms with E-state index in [-0.39, 0.29) is 17.7 Å². The highest BCUT2D eigenvalue weighted by molar-refractivity contribution is 7.92. The zero-order valence-corrected chi connectivity index (χ0v) is 17.5. The van der Waals surface area contributed by atoms with Gasteiger partial charge >= 0.3 is 5.97 Å². The number of aromatic nitrogens is 1. The van der Waals surface area contributed by atoms with Gasteiger partial charge in [0.15, 0.2) is 0 Å². The number of hydrogen-bond donors (Lipinski definition) is 0. The summed E-state index contributed by atoms with van der Waals surface area (Å²) in [7, 11) is -2.77. The second-order valence-electron chi connectivity index (χ2n) is 6.69. The van der Waals surface area contributed by atoms with Gasteiger partial charge in [-0.15, -0.1) is 0 Å². The Morgan fingerprint density at radius 2 is 1.77 bits per heavy atom. The number of methoxy groups -OCH3 is 1. The number of carbonyl (C=O) groups is 2. The molecule has 0 saturated carbocycles. The van der Waals surface area contributed by atoms with E-state index in [2.05, 4.69) is 0 Å². The van der Waals surface area contributed by atoms with Crippen LogP contribution in [0.3, 0.4) is 0 Å². The third kappa shape index (κ3) is 3.80. The van der Waals surface area contributed by atoms with Crippen molar-refractivity contribution in [1.82, 2.24) is 4.57 Å². The zero-order chi connectivity index (χ0) is 22.1. The summed E-state index contributed by atoms with van der Waals surface area (Å²) in [6, 6.07) is 10.8. The Morgan fingerprint density at radius 3 is 2.37 bits per heavy atom. The number of anilines is 1. The van der Waals surface area contributed by atoms with Crippen LogP contribution in [0.1, 0.15) is 28.5 Å². The van der Waals surface area contributed by atoms with E-state index in [1.165, 1.54) is 36.1 Å². The lowest BCUT2D eigenvalue weighted by atomic mass is 10.1. The standard InChI is InChI=1S/C21H21FN2O5S/c1-4-17(24(30(3,27)28)19-12-8-6-10-16(19)22)20(25)23-13-15(21(26)29-2)14-9-5-7-11-18(14)23/h5-13,17H,4H2,1-3H3/t17-/m1/s1. The van der Waals surface area contributed by atoms with Crippen LogP contribution in [0.25, 0.3) is 10.9 Å². The summed E-state index contributed by atoms with van der Waals surface area (Å²) >= 11 is 0. The molecular weight excluding hydrogens is 411 g/mol. The topological polar surface area (TPSA) is 85.7 Å². The number of carbonyl (C=O) groups excluding carboxylic acids is 2. The minimum absolute atomic E-state index is 0.0836. The third-order valence-corrected chi connectivity index (χ3v) is 5.92. The highest BCUT2D eigenvalue weighted by Gasteiger charge is 2.35. The molecule has 0 radical (unpaired) electrons. The van der Waals surface area contributed by atoms with Gasteiger partial charge < -0.3 is 4.74 Å². The Bertz CT molecular complexity index is 1220. The van der Waals surface area contributed by atoms with Gasteiger partial charge in [-0.3, -0.25) is 13.7 Å². The van der Waals surface area contributed by atoms with Crippen molar-refractivity contribution in [3.8, 4) is 0 Å². The Hall–Kier alpha value is -3.20. The van der Waals surface area contributed by atoms with Gasteiger partial charge in [0.2, 0.25) is 10.0 Å². The molecule has 0 aliphatic rings. The van der Waals surface area contributed by atoms with Crippen molar-refractivity contribution in [1.29, 1.82) is 0 Å². The van der Waals surface area contributed by atoms with E-state index in [0.29, 0.717) is 10.9 Å². The molecule has 1 aromatic heterocycles. The summed E-state index contributed by atoms with van der Waals surface area (Å²) in [6.45, 7) is 1.63. The van der Waals surface area contributed by atoms with Crippen molar-refractivity contribution in [2.45, 2.75) is 19.4 Å². The quantitative estimate of drug-likeness (QED) is 0.557. The largest absolute Gasteiger partial charge is 0.465 e. The van der Waals surface area contributed by atoms with E-state index in [4.69, 9.17) is 4.74 Å². The lowest BCUT2D eigenvalue weighted by molar-refractivity contribution is 0.0603. The normalized spacial score (nSPS) is 12.5. The Morgan fingerprint density at radius 1 is 1.13 bits per heavy atom. The zero-order valence-electron chi connectivity index (χ0n) is 16.7. The molecule has 1 heterocycles. The maximum Gasteiger partial charge on any atom is 0.340 e. The Labute approximate surface area is 173 Å². The number of halogens is 1. The lowest BCUT2D eigenvalue weighted by Gasteiger charge is -2.30. The highest BCUT2D eigenvalue weighted by Crippen LogP contribution is 2.28. The number of nitrogens with zero attached hydrogens (tertiary/aromatic N) is 2. The molecule has 0 bridgehead atoms. The van der Waals surface area contributed by atoms with E-state index in [1.807, 2.05) is 0 Å². The number of fused-ring (bicyclic) bond motifs is 1. The summed E-state index contributed by atoms with van der Waals surface area (Å²) in [5.74, 6) is -2.00. The molecule has 0 saturated heterocycles. The fourth-order valence-electron chi connectivity index (χ4n) is 3.44. The lowest BCUT2D eigenvalue weighted by Crippen LogP contribution is -2.46. The van der Waals surface area contributed by atoms with Crippen LogP contribution in [-0.4, -0.2) is 44.3 Å². The van der Waals surface area contributed by atoms with E-state index >= 15 is 0 Å². The number of esters is 1. The predicted molar refractivity (Wildman–Crippen MR) is 112 cm³/mol. The van der Waals surface area contributed by atoms with Crippen molar-refractivity contribution in [2.24, 2.45) is 0 Å². The minimum atomic E-state index is -4.00. The second kappa shape index (κ2) is 8.27. The van der Waals surface area contributed by atoms with Crippen molar-refractivity contribution in [2.75, 3.05) is 17.7 Å². The van der Waals surface area contributed by atoms with Gasteiger partial charge in [0.1, 0.15) is 11.9 Å². The molecule has 0 amide bonds. The third-order valence-electron chi connectivity index (χ3n) is 4.76. The van der Waals surface area contributed by atoms with E-state index in [1.54, 1.807) is 31.2 Å². The molecule has 0 aliphatic carbocycles. The number of para-hydroxylation sites is 2. The number of benzene rings is 2. The summed E-state index contributed by atoms with van der Waals surface area (Å²) in [5.41, 5.74) is 0.376. The van der Waals surface area contributed by atoms with Gasteiger partial charge in [-0.1, -0.05) is 37.3 Å². The highest BCUT2D eigenvalue weighted by atomic mass is 32.2. The number of hydrogen-bond acceptors (Lipinski definition) is 5. The number of sulfonamides is 1. The van der Waals surface area contributed by atoms with Crippen LogP contribution in [0.15, 0.2) is 54.7 Å². The molecule has 2 aromatic carbocycles. The summed E-state index contributed by atoms with van der Waals surface area (Å²) in [5, 5.41) is 0.490. The molecule has 3 aromatic rings. The van der Waals surface area contributed by atoms with Crippen LogP contribution in [0.2, 0.25) is 0 Å². The fraction of sp³-hybridized carbons (Fsp3) is 0.238. The Kier molecular flexibility index (Phi) is 5.93. The van der Waals surface area contributed by atoms with Crippen LogP contribution in [-0.2, 0) is 14.8 Å². The van der Waals surface area contributed by atoms with Crippen LogP contribution >= 0.6 is 0 Å². The Balaban J connectivity index is 2.19. The molecule has 30 heavy (non-hydrogen) atoms. The summed E-state index contributed by atoms with van der Waals surface area (Å²) in [6.07, 6.45) is 2.33. The van der Waals surface area contributed by atoms with E-state index in [0.717, 1.165) is 16.6 Å². The van der Waals surface area contributed by atoms with Gasteiger partial charge in [0.25, 0.3) is 5.91 Å². The summed E-state index contributed by atoms with van der Waals surface area (Å²) < 4.78 is 46.4. The van der Waals surface area contributed by atoms with Crippen LogP contribution in [0, 0.1) is 5.82 Å². The average Bonchev–Trinajstić information content (AvgIpc) is 3.10. The molecule has 0 unspecified atom stereocenters. The minimum Gasteiger partial charge on any atom is -0.465 e. The first kappa shape index (κ1) is 21.5. The molecule has 0 spiro atoms. The molecule has 0 N–H and O–H groups in total. The van der Waals surface area contributed by atoms with Crippen molar-refractivity contribution in [3.05, 3.63) is 66.1 Å². The van der Waals surface area contributed by atoms with E-state index in [9.17, 15) is 22.4 Å². The van der Waals surface area contributed by atoms with Gasteiger partial charge in [0.05, 0.1) is 30.1 Å². The van der Waals surface area contributed by atoms with Crippen molar-refractivity contribution in [3.63, 3.8) is 0 Å². The van der Waals surface area contributed by atoms with Gasteiger partial charge in [-0.25, -0.2) is 17.6 Å². The van der Waals surface area contributed by atoms with Crippen molar-refractivity contribution >= 4 is 38.5 Å². The fourth-order valence-corrected chi connectivity index (χ4v) is 4.65. The van der Waals surface area contributed by atoms with Crippen LogP contribution in [0.4, 0.5) is 10.1 Å². The maximum absolute atomic E-state index is 14.5. The molecule has 0 fully saturated rings. The van der Waals surface area contributed by atoms with Crippen LogP contribution < -0.4 is 4.31 Å². The monoisotopic (exact) mass is 432 g/mol. The molecular formula is C21H21FN2O5S. The van der Waals surface area contributed by atoms with Crippen LogP contribution in [0.5, 0.6) is 0 Å². The molecule has 7 nitrogen and oxygen atoms in total. The number of ether oxygens (including phenoxy) is 1. The molecule has 9 heteroatoms. The molecule has 1 atom stereocenters. The molecule has 0 aliphatic heterocycles. The SMILES string of the molecule is CC[C@H](C(=O)n1cc(C(=O)OC)c2ccccc21)N(c1ccccc1F)S(C)(=O)=O. The predicted octanol–water partition coefficient (Wildman–Crippen LogP) is 3.45. The number of rotatable bonds is 6. The second-order valence-corrected chi connectivity index (χ2v) is 8.55. The molecule has 158 valence electrons. The average molecular weight is 432 g/mol. The van der Waals surface area contributed by atoms with Gasteiger partial charge in [-0.05, 0) is 24.6 Å². The van der Waals surface area contributed by atoms with Gasteiger partial charge in [0, 0.05) is 11.6 Å². The first-order valence-electron chi connectivity index (χ1n) is 9.17. The van der Waals surface area contributed by atoms with Crippen molar-refractivity contribution < 1.29 is 27.1 Å². The smallest absolute Gasteiger partial charge is 0.340 e. The maximum atomic E-state index is 14.5. The first-order chi connectivity index (χ1) is 14.2. The van der Waals surface area contributed by atoms with E-state index < -0.39 is 33.8 Å². The molecule has 3 rings (SSSR count).